The molecule has 0 aliphatic heterocycles. The third-order valence-corrected chi connectivity index (χ3v) is 3.41. The van der Waals surface area contributed by atoms with Gasteiger partial charge in [0.2, 0.25) is 0 Å². The number of Topliss-reactive ketones (excluding diaryl/α,β-unsaturated/α-hetero) is 1. The molecule has 0 rings (SSSR count). The molecule has 0 aromatic carbocycles. The summed E-state index contributed by atoms with van der Waals surface area (Å²) in [5.41, 5.74) is 0. The molecule has 0 saturated carbocycles. The molecule has 0 aliphatic rings. The lowest BCUT2D eigenvalue weighted by Crippen LogP contribution is -2.13. The number of carbonyl (C=O) groups excluding carboxylic acids is 1. The van der Waals surface area contributed by atoms with Crippen LogP contribution in [0.4, 0.5) is 0 Å². The molecule has 1 N–H and O–H groups in total. The van der Waals surface area contributed by atoms with Gasteiger partial charge in [0.05, 0.1) is 6.10 Å². The molecule has 2 nitrogen and oxygen atoms in total. The largest absolute Gasteiger partial charge is 0.393 e. The van der Waals surface area contributed by atoms with Gasteiger partial charge in [0.25, 0.3) is 0 Å². The van der Waals surface area contributed by atoms with E-state index in [9.17, 15) is 9.90 Å². The number of hydrogen-bond acceptors (Lipinski definition) is 2. The van der Waals surface area contributed by atoms with Gasteiger partial charge in [-0.15, -0.1) is 0 Å². The Bertz CT molecular complexity index is 190. The molecule has 18 heavy (non-hydrogen) atoms. The van der Waals surface area contributed by atoms with Crippen LogP contribution in [-0.4, -0.2) is 17.0 Å². The minimum absolute atomic E-state index is 0.243. The summed E-state index contributed by atoms with van der Waals surface area (Å²) in [7, 11) is 0. The van der Waals surface area contributed by atoms with Crippen molar-refractivity contribution in [2.45, 2.75) is 97.0 Å². The van der Waals surface area contributed by atoms with Crippen molar-refractivity contribution in [2.24, 2.45) is 0 Å². The highest BCUT2D eigenvalue weighted by atomic mass is 16.3. The third-order valence-electron chi connectivity index (χ3n) is 3.41. The van der Waals surface area contributed by atoms with Gasteiger partial charge in [-0.3, -0.25) is 4.79 Å². The van der Waals surface area contributed by atoms with Crippen LogP contribution < -0.4 is 0 Å². The van der Waals surface area contributed by atoms with Gasteiger partial charge in [-0.05, 0) is 12.8 Å². The highest BCUT2D eigenvalue weighted by Crippen LogP contribution is 2.11. The van der Waals surface area contributed by atoms with Crippen LogP contribution in [-0.2, 0) is 4.79 Å². The van der Waals surface area contributed by atoms with E-state index < -0.39 is 6.10 Å². The van der Waals surface area contributed by atoms with Crippen molar-refractivity contribution in [1.82, 2.24) is 0 Å². The maximum absolute atomic E-state index is 11.6. The fourth-order valence-electron chi connectivity index (χ4n) is 2.19. The molecule has 0 amide bonds. The van der Waals surface area contributed by atoms with E-state index in [1.807, 2.05) is 0 Å². The van der Waals surface area contributed by atoms with E-state index in [1.54, 1.807) is 0 Å². The lowest BCUT2D eigenvalue weighted by Gasteiger charge is -2.08. The highest BCUT2D eigenvalue weighted by Gasteiger charge is 2.09. The molecule has 0 bridgehead atoms. The lowest BCUT2D eigenvalue weighted by molar-refractivity contribution is -0.121. The van der Waals surface area contributed by atoms with Gasteiger partial charge in [0.15, 0.2) is 0 Å². The lowest BCUT2D eigenvalue weighted by atomic mass is 10.0. The summed E-state index contributed by atoms with van der Waals surface area (Å²) < 4.78 is 0. The van der Waals surface area contributed by atoms with E-state index in [2.05, 4.69) is 13.8 Å². The van der Waals surface area contributed by atoms with Crippen LogP contribution in [0.2, 0.25) is 0 Å². The number of ketones is 1. The average molecular weight is 256 g/mol. The highest BCUT2D eigenvalue weighted by molar-refractivity contribution is 5.78. The second-order valence-electron chi connectivity index (χ2n) is 5.41. The Morgan fingerprint density at radius 1 is 0.889 bits per heavy atom. The van der Waals surface area contributed by atoms with Crippen molar-refractivity contribution in [3.05, 3.63) is 0 Å². The molecule has 0 unspecified atom stereocenters. The van der Waals surface area contributed by atoms with Crippen LogP contribution in [0.15, 0.2) is 0 Å². The topological polar surface area (TPSA) is 37.3 Å². The van der Waals surface area contributed by atoms with E-state index >= 15 is 0 Å². The standard InChI is InChI=1S/C16H32O2/c1-3-5-7-8-9-10-11-13-16(18)14-15(17)12-6-4-2/h15,17H,3-14H2,1-2H3/t15-/m1/s1. The molecule has 108 valence electrons. The summed E-state index contributed by atoms with van der Waals surface area (Å²) in [5.74, 6) is 0.243. The second-order valence-corrected chi connectivity index (χ2v) is 5.41. The van der Waals surface area contributed by atoms with Crippen LogP contribution in [0.3, 0.4) is 0 Å². The predicted octanol–water partition coefficient (Wildman–Crippen LogP) is 4.64. The molecule has 2 heteroatoms. The van der Waals surface area contributed by atoms with Crippen LogP contribution in [0.5, 0.6) is 0 Å². The monoisotopic (exact) mass is 256 g/mol. The Labute approximate surface area is 113 Å². The summed E-state index contributed by atoms with van der Waals surface area (Å²) in [6.07, 6.45) is 12.2. The molecule has 0 fully saturated rings. The van der Waals surface area contributed by atoms with Gasteiger partial charge in [0, 0.05) is 12.8 Å². The van der Waals surface area contributed by atoms with Gasteiger partial charge in [-0.2, -0.15) is 0 Å². The SMILES string of the molecule is CCCCCCCCCC(=O)C[C@H](O)CCCC. The van der Waals surface area contributed by atoms with Gasteiger partial charge in [-0.1, -0.05) is 65.2 Å². The van der Waals surface area contributed by atoms with E-state index in [-0.39, 0.29) is 5.78 Å². The van der Waals surface area contributed by atoms with E-state index in [0.29, 0.717) is 12.8 Å². The smallest absolute Gasteiger partial charge is 0.135 e. The van der Waals surface area contributed by atoms with E-state index in [1.165, 1.54) is 38.5 Å². The average Bonchev–Trinajstić information content (AvgIpc) is 2.35. The zero-order valence-electron chi connectivity index (χ0n) is 12.4. The minimum atomic E-state index is -0.401. The molecule has 0 spiro atoms. The Morgan fingerprint density at radius 2 is 1.44 bits per heavy atom. The maximum Gasteiger partial charge on any atom is 0.135 e. The van der Waals surface area contributed by atoms with Crippen molar-refractivity contribution >= 4 is 5.78 Å². The number of carbonyl (C=O) groups is 1. The fourth-order valence-corrected chi connectivity index (χ4v) is 2.19. The number of hydrogen-bond donors (Lipinski definition) is 1. The Kier molecular flexibility index (Phi) is 12.8. The van der Waals surface area contributed by atoms with Crippen molar-refractivity contribution < 1.29 is 9.90 Å². The van der Waals surface area contributed by atoms with Crippen LogP contribution >= 0.6 is 0 Å². The van der Waals surface area contributed by atoms with E-state index in [4.69, 9.17) is 0 Å². The first-order valence-electron chi connectivity index (χ1n) is 7.90. The molecule has 0 aromatic rings. The third kappa shape index (κ3) is 12.1. The van der Waals surface area contributed by atoms with Crippen molar-refractivity contribution in [3.8, 4) is 0 Å². The number of rotatable bonds is 13. The molecular formula is C16H32O2. The number of unbranched alkanes of at least 4 members (excludes halogenated alkanes) is 7. The number of aliphatic hydroxyl groups excluding tert-OH is 1. The van der Waals surface area contributed by atoms with Crippen LogP contribution in [0.1, 0.15) is 90.9 Å². The summed E-state index contributed by atoms with van der Waals surface area (Å²) in [6.45, 7) is 4.33. The quantitative estimate of drug-likeness (QED) is 0.487. The molecule has 0 heterocycles. The second kappa shape index (κ2) is 13.1. The van der Waals surface area contributed by atoms with Crippen molar-refractivity contribution in [3.63, 3.8) is 0 Å². The first-order chi connectivity index (χ1) is 8.70. The van der Waals surface area contributed by atoms with Gasteiger partial charge in [0.1, 0.15) is 5.78 Å². The first kappa shape index (κ1) is 17.6. The fraction of sp³-hybridized carbons (Fsp3) is 0.938. The van der Waals surface area contributed by atoms with Gasteiger partial charge < -0.3 is 5.11 Å². The Balaban J connectivity index is 3.31. The Hall–Kier alpha value is -0.370. The van der Waals surface area contributed by atoms with Crippen molar-refractivity contribution in [1.29, 1.82) is 0 Å². The molecule has 0 aromatic heterocycles. The molecular weight excluding hydrogens is 224 g/mol. The van der Waals surface area contributed by atoms with Gasteiger partial charge in [-0.25, -0.2) is 0 Å². The normalized spacial score (nSPS) is 12.6. The van der Waals surface area contributed by atoms with Gasteiger partial charge >= 0.3 is 0 Å². The first-order valence-corrected chi connectivity index (χ1v) is 7.90. The molecule has 0 radical (unpaired) electrons. The summed E-state index contributed by atoms with van der Waals surface area (Å²) in [4.78, 5) is 11.6. The molecule has 0 aliphatic carbocycles. The van der Waals surface area contributed by atoms with Crippen LogP contribution in [0.25, 0.3) is 0 Å². The number of aliphatic hydroxyl groups is 1. The summed E-state index contributed by atoms with van der Waals surface area (Å²) >= 11 is 0. The predicted molar refractivity (Wildman–Crippen MR) is 77.8 cm³/mol. The van der Waals surface area contributed by atoms with Crippen molar-refractivity contribution in [2.75, 3.05) is 0 Å². The summed E-state index contributed by atoms with van der Waals surface area (Å²) in [6, 6.07) is 0. The van der Waals surface area contributed by atoms with E-state index in [0.717, 1.165) is 25.7 Å². The maximum atomic E-state index is 11.6. The minimum Gasteiger partial charge on any atom is -0.393 e. The summed E-state index contributed by atoms with van der Waals surface area (Å²) in [5, 5.41) is 9.63. The zero-order chi connectivity index (χ0) is 13.6. The zero-order valence-corrected chi connectivity index (χ0v) is 12.4. The van der Waals surface area contributed by atoms with Crippen LogP contribution in [0, 0.1) is 0 Å². The molecule has 0 saturated heterocycles. The molecule has 1 atom stereocenters. The Morgan fingerprint density at radius 3 is 2.06 bits per heavy atom.